The van der Waals surface area contributed by atoms with E-state index in [1.54, 1.807) is 0 Å². The van der Waals surface area contributed by atoms with Gasteiger partial charge < -0.3 is 9.80 Å². The van der Waals surface area contributed by atoms with Gasteiger partial charge in [0.2, 0.25) is 5.91 Å². The number of alkyl halides is 1. The molecular formula is C26H29ClN4O. The number of nitrogens with zero attached hydrogens (tertiary/aromatic N) is 4. The fourth-order valence-electron chi connectivity index (χ4n) is 4.26. The zero-order chi connectivity index (χ0) is 22.5. The molecule has 0 spiro atoms. The van der Waals surface area contributed by atoms with Crippen molar-refractivity contribution < 1.29 is 4.79 Å². The molecule has 166 valence electrons. The van der Waals surface area contributed by atoms with Gasteiger partial charge >= 0.3 is 0 Å². The van der Waals surface area contributed by atoms with Crippen LogP contribution in [-0.4, -0.2) is 47.0 Å². The van der Waals surface area contributed by atoms with Crippen LogP contribution in [-0.2, 0) is 11.2 Å². The molecule has 0 radical (unpaired) electrons. The van der Waals surface area contributed by atoms with Crippen LogP contribution in [0.1, 0.15) is 40.0 Å². The average molecular weight is 449 g/mol. The molecule has 1 aromatic heterocycles. The monoisotopic (exact) mass is 448 g/mol. The third-order valence-corrected chi connectivity index (χ3v) is 6.38. The molecular weight excluding hydrogens is 420 g/mol. The minimum atomic E-state index is -0.653. The second-order valence-electron chi connectivity index (χ2n) is 8.26. The van der Waals surface area contributed by atoms with Crippen molar-refractivity contribution in [1.82, 2.24) is 14.9 Å². The predicted octanol–water partition coefficient (Wildman–Crippen LogP) is 4.70. The summed E-state index contributed by atoms with van der Waals surface area (Å²) >= 11 is 6.53. The first kappa shape index (κ1) is 22.3. The highest BCUT2D eigenvalue weighted by molar-refractivity contribution is 6.30. The first-order valence-corrected chi connectivity index (χ1v) is 11.6. The lowest BCUT2D eigenvalue weighted by Crippen LogP contribution is -2.37. The van der Waals surface area contributed by atoms with Crippen molar-refractivity contribution in [1.29, 1.82) is 0 Å². The molecule has 32 heavy (non-hydrogen) atoms. The van der Waals surface area contributed by atoms with Crippen molar-refractivity contribution in [3.8, 4) is 0 Å². The van der Waals surface area contributed by atoms with Gasteiger partial charge in [-0.2, -0.15) is 0 Å². The molecule has 0 N–H and O–H groups in total. The number of anilines is 1. The highest BCUT2D eigenvalue weighted by atomic mass is 35.5. The van der Waals surface area contributed by atoms with Gasteiger partial charge in [0, 0.05) is 43.9 Å². The first-order valence-electron chi connectivity index (χ1n) is 11.1. The van der Waals surface area contributed by atoms with Crippen LogP contribution in [0.5, 0.6) is 0 Å². The van der Waals surface area contributed by atoms with Crippen LogP contribution in [0, 0.1) is 13.8 Å². The molecule has 2 aromatic carbocycles. The van der Waals surface area contributed by atoms with Crippen molar-refractivity contribution in [3.63, 3.8) is 0 Å². The molecule has 0 bridgehead atoms. The van der Waals surface area contributed by atoms with Crippen LogP contribution in [0.3, 0.4) is 0 Å². The van der Waals surface area contributed by atoms with E-state index in [1.807, 2.05) is 48.2 Å². The maximum absolute atomic E-state index is 13.1. The molecule has 2 heterocycles. The van der Waals surface area contributed by atoms with Crippen molar-refractivity contribution in [3.05, 3.63) is 88.9 Å². The number of hydrogen-bond donors (Lipinski definition) is 0. The molecule has 4 rings (SSSR count). The first-order chi connectivity index (χ1) is 15.5. The highest BCUT2D eigenvalue weighted by Gasteiger charge is 2.27. The van der Waals surface area contributed by atoms with Gasteiger partial charge in [0.15, 0.2) is 0 Å². The van der Waals surface area contributed by atoms with Crippen molar-refractivity contribution >= 4 is 23.3 Å². The Kier molecular flexibility index (Phi) is 7.05. The van der Waals surface area contributed by atoms with E-state index >= 15 is 0 Å². The minimum absolute atomic E-state index is 0.0284. The fraction of sp³-hybridized carbons (Fsp3) is 0.346. The van der Waals surface area contributed by atoms with Crippen LogP contribution in [0.4, 0.5) is 5.82 Å². The van der Waals surface area contributed by atoms with Crippen molar-refractivity contribution in [2.24, 2.45) is 0 Å². The highest BCUT2D eigenvalue weighted by Crippen LogP contribution is 2.27. The lowest BCUT2D eigenvalue weighted by atomic mass is 10.0. The summed E-state index contributed by atoms with van der Waals surface area (Å²) in [6.45, 7) is 6.89. The summed E-state index contributed by atoms with van der Waals surface area (Å²) in [5.74, 6) is 1.73. The summed E-state index contributed by atoms with van der Waals surface area (Å²) in [5.41, 5.74) is 4.25. The van der Waals surface area contributed by atoms with Gasteiger partial charge in [-0.1, -0.05) is 60.7 Å². The Hall–Kier alpha value is -2.92. The normalized spacial score (nSPS) is 15.3. The van der Waals surface area contributed by atoms with E-state index in [9.17, 15) is 4.79 Å². The van der Waals surface area contributed by atoms with Crippen molar-refractivity contribution in [2.75, 3.05) is 31.1 Å². The summed E-state index contributed by atoms with van der Waals surface area (Å²) in [6.07, 6.45) is 1.66. The third-order valence-electron chi connectivity index (χ3n) is 5.94. The zero-order valence-electron chi connectivity index (χ0n) is 18.7. The smallest absolute Gasteiger partial charge is 0.245 e. The molecule has 1 fully saturated rings. The quantitative estimate of drug-likeness (QED) is 0.531. The van der Waals surface area contributed by atoms with Crippen LogP contribution < -0.4 is 4.90 Å². The Morgan fingerprint density at radius 2 is 1.62 bits per heavy atom. The van der Waals surface area contributed by atoms with E-state index in [0.29, 0.717) is 13.1 Å². The summed E-state index contributed by atoms with van der Waals surface area (Å²) in [5, 5.41) is -0.653. The van der Waals surface area contributed by atoms with Gasteiger partial charge in [-0.25, -0.2) is 9.97 Å². The van der Waals surface area contributed by atoms with Gasteiger partial charge in [0.05, 0.1) is 0 Å². The zero-order valence-corrected chi connectivity index (χ0v) is 19.4. The number of rotatable bonds is 5. The Morgan fingerprint density at radius 1 is 0.938 bits per heavy atom. The second kappa shape index (κ2) is 10.1. The number of carbonyl (C=O) groups is 1. The number of carbonyl (C=O) groups excluding carboxylic acids is 1. The molecule has 5 nitrogen and oxygen atoms in total. The van der Waals surface area contributed by atoms with Gasteiger partial charge in [-0.3, -0.25) is 4.79 Å². The Balaban J connectivity index is 1.52. The number of aryl methyl sites for hydroxylation is 2. The standard InChI is InChI=1S/C26H29ClN4O/c1-19-23(18-21-10-5-3-6-11-21)25(29-20(2)28-19)30-14-9-15-31(17-16-30)26(32)24(27)22-12-7-4-8-13-22/h3-8,10-13,24H,9,14-18H2,1-2H3. The lowest BCUT2D eigenvalue weighted by Gasteiger charge is -2.26. The maximum Gasteiger partial charge on any atom is 0.245 e. The number of amides is 1. The molecule has 3 aromatic rings. The minimum Gasteiger partial charge on any atom is -0.354 e. The average Bonchev–Trinajstić information content (AvgIpc) is 3.07. The van der Waals surface area contributed by atoms with E-state index in [4.69, 9.17) is 16.6 Å². The van der Waals surface area contributed by atoms with E-state index in [-0.39, 0.29) is 5.91 Å². The number of aromatic nitrogens is 2. The van der Waals surface area contributed by atoms with E-state index in [0.717, 1.165) is 54.4 Å². The van der Waals surface area contributed by atoms with Crippen LogP contribution in [0.25, 0.3) is 0 Å². The van der Waals surface area contributed by atoms with E-state index < -0.39 is 5.38 Å². The topological polar surface area (TPSA) is 49.3 Å². The number of hydrogen-bond acceptors (Lipinski definition) is 4. The van der Waals surface area contributed by atoms with Gasteiger partial charge in [-0.15, -0.1) is 11.6 Å². The Morgan fingerprint density at radius 3 is 2.34 bits per heavy atom. The van der Waals surface area contributed by atoms with E-state index in [1.165, 1.54) is 5.56 Å². The molecule has 1 aliphatic heterocycles. The van der Waals surface area contributed by atoms with E-state index in [2.05, 4.69) is 41.1 Å². The second-order valence-corrected chi connectivity index (χ2v) is 8.70. The summed E-state index contributed by atoms with van der Waals surface area (Å²) in [6, 6.07) is 20.0. The molecule has 1 unspecified atom stereocenters. The van der Waals surface area contributed by atoms with Gasteiger partial charge in [0.25, 0.3) is 0 Å². The lowest BCUT2D eigenvalue weighted by molar-refractivity contribution is -0.130. The Labute approximate surface area is 195 Å². The van der Waals surface area contributed by atoms with Crippen LogP contribution in [0.2, 0.25) is 0 Å². The van der Waals surface area contributed by atoms with Gasteiger partial charge in [-0.05, 0) is 31.4 Å². The molecule has 1 atom stereocenters. The maximum atomic E-state index is 13.1. The van der Waals surface area contributed by atoms with Crippen LogP contribution >= 0.6 is 11.6 Å². The number of benzene rings is 2. The SMILES string of the molecule is Cc1nc(C)c(Cc2ccccc2)c(N2CCCN(C(=O)C(Cl)c3ccccc3)CC2)n1. The molecule has 1 amide bonds. The molecule has 1 aliphatic rings. The number of halogens is 1. The Bertz CT molecular complexity index is 1060. The summed E-state index contributed by atoms with van der Waals surface area (Å²) < 4.78 is 0. The summed E-state index contributed by atoms with van der Waals surface area (Å²) in [7, 11) is 0. The molecule has 0 saturated carbocycles. The molecule has 0 aliphatic carbocycles. The predicted molar refractivity (Wildman–Crippen MR) is 129 cm³/mol. The van der Waals surface area contributed by atoms with Crippen LogP contribution in [0.15, 0.2) is 60.7 Å². The fourth-order valence-corrected chi connectivity index (χ4v) is 4.54. The van der Waals surface area contributed by atoms with Gasteiger partial charge in [0.1, 0.15) is 17.0 Å². The molecule has 6 heteroatoms. The largest absolute Gasteiger partial charge is 0.354 e. The van der Waals surface area contributed by atoms with Crippen molar-refractivity contribution in [2.45, 2.75) is 32.1 Å². The summed E-state index contributed by atoms with van der Waals surface area (Å²) in [4.78, 5) is 26.7. The third kappa shape index (κ3) is 5.10. The molecule has 1 saturated heterocycles.